The standard InChI is InChI=1S/C13H19N3O2S/c1-19(17,18)9-13(5-6-13)8-15-11-4-7-14-12(16-11)10-2-3-10/h4,7,10H,2-3,5-6,8-9H2,1H3,(H,14,15,16). The fraction of sp³-hybridized carbons (Fsp3) is 0.692. The predicted octanol–water partition coefficient (Wildman–Crippen LogP) is 1.59. The summed E-state index contributed by atoms with van der Waals surface area (Å²) in [6.45, 7) is 0.682. The molecule has 2 aliphatic rings. The van der Waals surface area contributed by atoms with E-state index in [4.69, 9.17) is 0 Å². The van der Waals surface area contributed by atoms with Gasteiger partial charge in [-0.05, 0) is 31.7 Å². The second-order valence-corrected chi connectivity index (χ2v) is 8.14. The number of anilines is 1. The minimum atomic E-state index is -2.91. The number of hydrogen-bond donors (Lipinski definition) is 1. The first-order valence-electron chi connectivity index (χ1n) is 6.70. The smallest absolute Gasteiger partial charge is 0.148 e. The van der Waals surface area contributed by atoms with Crippen molar-refractivity contribution in [2.75, 3.05) is 23.9 Å². The van der Waals surface area contributed by atoms with Crippen LogP contribution in [-0.2, 0) is 9.84 Å². The number of hydrogen-bond acceptors (Lipinski definition) is 5. The summed E-state index contributed by atoms with van der Waals surface area (Å²) in [7, 11) is -2.91. The van der Waals surface area contributed by atoms with E-state index < -0.39 is 9.84 Å². The Balaban J connectivity index is 1.61. The van der Waals surface area contributed by atoms with Crippen LogP contribution in [0.15, 0.2) is 12.3 Å². The van der Waals surface area contributed by atoms with Crippen LogP contribution in [0, 0.1) is 5.41 Å². The van der Waals surface area contributed by atoms with Crippen molar-refractivity contribution in [2.24, 2.45) is 5.41 Å². The van der Waals surface area contributed by atoms with Crippen LogP contribution >= 0.6 is 0 Å². The summed E-state index contributed by atoms with van der Waals surface area (Å²) in [6.07, 6.45) is 7.41. The normalized spacial score (nSPS) is 21.1. The highest BCUT2D eigenvalue weighted by molar-refractivity contribution is 7.90. The van der Waals surface area contributed by atoms with Crippen LogP contribution < -0.4 is 5.32 Å². The summed E-state index contributed by atoms with van der Waals surface area (Å²) in [4.78, 5) is 8.76. The summed E-state index contributed by atoms with van der Waals surface area (Å²) in [6, 6.07) is 1.85. The number of aromatic nitrogens is 2. The monoisotopic (exact) mass is 281 g/mol. The molecule has 5 nitrogen and oxygen atoms in total. The van der Waals surface area contributed by atoms with Crippen molar-refractivity contribution < 1.29 is 8.42 Å². The first kappa shape index (κ1) is 12.8. The molecule has 1 aromatic heterocycles. The van der Waals surface area contributed by atoms with Gasteiger partial charge in [0.05, 0.1) is 5.75 Å². The van der Waals surface area contributed by atoms with E-state index in [9.17, 15) is 8.42 Å². The lowest BCUT2D eigenvalue weighted by molar-refractivity contribution is 0.560. The van der Waals surface area contributed by atoms with Gasteiger partial charge in [-0.3, -0.25) is 0 Å². The van der Waals surface area contributed by atoms with E-state index in [1.165, 1.54) is 19.1 Å². The second kappa shape index (κ2) is 4.44. The molecule has 0 aliphatic heterocycles. The van der Waals surface area contributed by atoms with E-state index in [0.717, 1.165) is 24.5 Å². The number of nitrogens with one attached hydrogen (secondary N) is 1. The molecule has 19 heavy (non-hydrogen) atoms. The Bertz CT molecular complexity index is 577. The summed E-state index contributed by atoms with van der Waals surface area (Å²) in [5.41, 5.74) is -0.0712. The van der Waals surface area contributed by atoms with Crippen molar-refractivity contribution in [1.82, 2.24) is 9.97 Å². The molecule has 1 heterocycles. The minimum absolute atomic E-state index is 0.0712. The second-order valence-electron chi connectivity index (χ2n) is 6.00. The Labute approximate surface area is 113 Å². The molecule has 104 valence electrons. The van der Waals surface area contributed by atoms with Gasteiger partial charge in [-0.2, -0.15) is 0 Å². The van der Waals surface area contributed by atoms with Gasteiger partial charge in [0.25, 0.3) is 0 Å². The lowest BCUT2D eigenvalue weighted by Crippen LogP contribution is -2.24. The zero-order chi connectivity index (χ0) is 13.5. The highest BCUT2D eigenvalue weighted by Gasteiger charge is 2.45. The van der Waals surface area contributed by atoms with Gasteiger partial charge in [0, 0.05) is 30.3 Å². The molecule has 0 bridgehead atoms. The third-order valence-electron chi connectivity index (χ3n) is 3.79. The highest BCUT2D eigenvalue weighted by atomic mass is 32.2. The summed E-state index contributed by atoms with van der Waals surface area (Å²) >= 11 is 0. The minimum Gasteiger partial charge on any atom is -0.369 e. The lowest BCUT2D eigenvalue weighted by atomic mass is 10.1. The fourth-order valence-corrected chi connectivity index (χ4v) is 3.90. The quantitative estimate of drug-likeness (QED) is 0.857. The molecule has 2 fully saturated rings. The molecule has 2 aliphatic carbocycles. The van der Waals surface area contributed by atoms with E-state index in [0.29, 0.717) is 12.5 Å². The van der Waals surface area contributed by atoms with E-state index in [1.807, 2.05) is 6.07 Å². The maximum Gasteiger partial charge on any atom is 0.148 e. The van der Waals surface area contributed by atoms with Crippen LogP contribution in [0.5, 0.6) is 0 Å². The molecular formula is C13H19N3O2S. The molecule has 6 heteroatoms. The summed E-state index contributed by atoms with van der Waals surface area (Å²) < 4.78 is 22.8. The van der Waals surface area contributed by atoms with Crippen LogP contribution in [-0.4, -0.2) is 36.9 Å². The average Bonchev–Trinajstić information content (AvgIpc) is 3.21. The third-order valence-corrected chi connectivity index (χ3v) is 4.92. The maximum atomic E-state index is 11.4. The predicted molar refractivity (Wildman–Crippen MR) is 73.9 cm³/mol. The fourth-order valence-electron chi connectivity index (χ4n) is 2.39. The summed E-state index contributed by atoms with van der Waals surface area (Å²) in [5, 5.41) is 3.28. The first-order valence-corrected chi connectivity index (χ1v) is 8.76. The highest BCUT2D eigenvalue weighted by Crippen LogP contribution is 2.46. The first-order chi connectivity index (χ1) is 8.96. The molecule has 3 rings (SSSR count). The SMILES string of the molecule is CS(=O)(=O)CC1(CNc2ccnc(C3CC3)n2)CC1. The Morgan fingerprint density at radius 1 is 1.42 bits per heavy atom. The molecule has 0 unspecified atom stereocenters. The molecule has 2 saturated carbocycles. The topological polar surface area (TPSA) is 72.0 Å². The van der Waals surface area contributed by atoms with E-state index >= 15 is 0 Å². The van der Waals surface area contributed by atoms with Gasteiger partial charge < -0.3 is 5.32 Å². The van der Waals surface area contributed by atoms with E-state index in [1.54, 1.807) is 6.20 Å². The van der Waals surface area contributed by atoms with E-state index in [2.05, 4.69) is 15.3 Å². The van der Waals surface area contributed by atoms with Gasteiger partial charge in [0.2, 0.25) is 0 Å². The summed E-state index contributed by atoms with van der Waals surface area (Å²) in [5.74, 6) is 2.54. The van der Waals surface area contributed by atoms with Gasteiger partial charge in [0.1, 0.15) is 21.5 Å². The number of rotatable bonds is 6. The zero-order valence-electron chi connectivity index (χ0n) is 11.1. The molecular weight excluding hydrogens is 262 g/mol. The van der Waals surface area contributed by atoms with Crippen LogP contribution in [0.3, 0.4) is 0 Å². The molecule has 0 radical (unpaired) electrons. The van der Waals surface area contributed by atoms with Crippen LogP contribution in [0.2, 0.25) is 0 Å². The lowest BCUT2D eigenvalue weighted by Gasteiger charge is -2.15. The Kier molecular flexibility index (Phi) is 3.00. The molecule has 0 atom stereocenters. The van der Waals surface area contributed by atoms with Gasteiger partial charge in [-0.1, -0.05) is 0 Å². The van der Waals surface area contributed by atoms with Gasteiger partial charge in [-0.15, -0.1) is 0 Å². The maximum absolute atomic E-state index is 11.4. The van der Waals surface area contributed by atoms with Crippen LogP contribution in [0.25, 0.3) is 0 Å². The molecule has 0 saturated heterocycles. The van der Waals surface area contributed by atoms with Crippen LogP contribution in [0.1, 0.15) is 37.4 Å². The number of nitrogens with zero attached hydrogens (tertiary/aromatic N) is 2. The third kappa shape index (κ3) is 3.43. The van der Waals surface area contributed by atoms with Crippen molar-refractivity contribution in [1.29, 1.82) is 0 Å². The molecule has 0 amide bonds. The van der Waals surface area contributed by atoms with Crippen molar-refractivity contribution in [3.63, 3.8) is 0 Å². The van der Waals surface area contributed by atoms with Gasteiger partial charge in [0.15, 0.2) is 0 Å². The Hall–Kier alpha value is -1.17. The zero-order valence-corrected chi connectivity index (χ0v) is 11.9. The largest absolute Gasteiger partial charge is 0.369 e. The Morgan fingerprint density at radius 3 is 2.74 bits per heavy atom. The molecule has 1 aromatic rings. The molecule has 0 spiro atoms. The van der Waals surface area contributed by atoms with Crippen molar-refractivity contribution in [2.45, 2.75) is 31.6 Å². The van der Waals surface area contributed by atoms with Crippen molar-refractivity contribution in [3.05, 3.63) is 18.1 Å². The Morgan fingerprint density at radius 2 is 2.16 bits per heavy atom. The van der Waals surface area contributed by atoms with Gasteiger partial charge in [-0.25, -0.2) is 18.4 Å². The van der Waals surface area contributed by atoms with Crippen molar-refractivity contribution >= 4 is 15.7 Å². The van der Waals surface area contributed by atoms with Crippen LogP contribution in [0.4, 0.5) is 5.82 Å². The number of sulfone groups is 1. The van der Waals surface area contributed by atoms with Gasteiger partial charge >= 0.3 is 0 Å². The molecule has 0 aromatic carbocycles. The molecule has 1 N–H and O–H groups in total. The van der Waals surface area contributed by atoms with E-state index in [-0.39, 0.29) is 11.2 Å². The average molecular weight is 281 g/mol. The van der Waals surface area contributed by atoms with Crippen molar-refractivity contribution in [3.8, 4) is 0 Å².